The van der Waals surface area contributed by atoms with E-state index in [0.29, 0.717) is 0 Å². The highest BCUT2D eigenvalue weighted by Crippen LogP contribution is 2.44. The number of para-hydroxylation sites is 2. The van der Waals surface area contributed by atoms with Gasteiger partial charge in [-0.05, 0) is 157 Å². The molecular formula is C69H47NO. The molecule has 0 spiro atoms. The normalized spacial score (nSPS) is 12.0. The number of rotatable bonds is 7. The molecule has 0 aliphatic heterocycles. The van der Waals surface area contributed by atoms with E-state index in [1.54, 1.807) is 0 Å². The Balaban J connectivity index is 0.860. The standard InChI is InChI=1S/C69H47NO/c1-43-12-3-5-14-54(43)56-18-9-17-55(44(56)2)47-28-24-45(25-29-47)50-34-38-66-64(40-50)65-41-51(46-26-30-48(31-27-46)57-19-10-21-60-58-15-6-4-13-52(58)42-63(57)60)35-39-67(65)70(66)53-36-32-49(33-37-53)59-20-11-22-62-61-16-7-8-23-68(61)71-69(59)62/h3-41H,42H2,1-2H3. The molecule has 2 heteroatoms. The summed E-state index contributed by atoms with van der Waals surface area (Å²) in [6.07, 6.45) is 0.971. The zero-order chi connectivity index (χ0) is 47.2. The molecule has 0 atom stereocenters. The van der Waals surface area contributed by atoms with E-state index < -0.39 is 0 Å². The maximum absolute atomic E-state index is 6.46. The van der Waals surface area contributed by atoms with Crippen molar-refractivity contribution in [3.63, 3.8) is 0 Å². The van der Waals surface area contributed by atoms with Crippen molar-refractivity contribution in [2.24, 2.45) is 0 Å². The fraction of sp³-hybridized carbons (Fsp3) is 0.0435. The number of hydrogen-bond acceptors (Lipinski definition) is 1. The molecule has 14 rings (SSSR count). The second kappa shape index (κ2) is 16.3. The topological polar surface area (TPSA) is 18.1 Å². The van der Waals surface area contributed by atoms with Crippen LogP contribution < -0.4 is 0 Å². The highest BCUT2D eigenvalue weighted by molar-refractivity contribution is 6.12. The number of furan rings is 1. The van der Waals surface area contributed by atoms with Gasteiger partial charge in [0.05, 0.1) is 11.0 Å². The van der Waals surface area contributed by atoms with Gasteiger partial charge in [0.2, 0.25) is 0 Å². The van der Waals surface area contributed by atoms with Gasteiger partial charge in [0.25, 0.3) is 0 Å². The van der Waals surface area contributed by atoms with Gasteiger partial charge in [-0.3, -0.25) is 0 Å². The molecule has 2 aromatic heterocycles. The molecule has 0 N–H and O–H groups in total. The lowest BCUT2D eigenvalue weighted by atomic mass is 9.90. The molecule has 2 heterocycles. The lowest BCUT2D eigenvalue weighted by molar-refractivity contribution is 0.670. The van der Waals surface area contributed by atoms with Gasteiger partial charge < -0.3 is 8.98 Å². The fourth-order valence-electron chi connectivity index (χ4n) is 11.7. The minimum Gasteiger partial charge on any atom is -0.455 e. The zero-order valence-electron chi connectivity index (χ0n) is 39.6. The van der Waals surface area contributed by atoms with E-state index in [0.717, 1.165) is 45.2 Å². The van der Waals surface area contributed by atoms with Crippen LogP contribution in [0.2, 0.25) is 0 Å². The van der Waals surface area contributed by atoms with Crippen LogP contribution in [0.3, 0.4) is 0 Å². The molecule has 13 aromatic rings. The molecule has 11 aromatic carbocycles. The Morgan fingerprint density at radius 2 is 0.831 bits per heavy atom. The molecule has 71 heavy (non-hydrogen) atoms. The summed E-state index contributed by atoms with van der Waals surface area (Å²) < 4.78 is 8.89. The summed E-state index contributed by atoms with van der Waals surface area (Å²) in [7, 11) is 0. The highest BCUT2D eigenvalue weighted by Gasteiger charge is 2.22. The number of fused-ring (bicyclic) bond motifs is 9. The lowest BCUT2D eigenvalue weighted by Gasteiger charge is -2.14. The Kier molecular flexibility index (Phi) is 9.44. The Labute approximate surface area is 413 Å². The first-order valence-electron chi connectivity index (χ1n) is 24.7. The van der Waals surface area contributed by atoms with Gasteiger partial charge in [-0.25, -0.2) is 0 Å². The lowest BCUT2D eigenvalue weighted by Crippen LogP contribution is -1.94. The van der Waals surface area contributed by atoms with Crippen molar-refractivity contribution in [3.05, 3.63) is 259 Å². The Hall–Kier alpha value is -8.98. The predicted octanol–water partition coefficient (Wildman–Crippen LogP) is 18.9. The average molecular weight is 906 g/mol. The van der Waals surface area contributed by atoms with E-state index in [2.05, 4.69) is 243 Å². The molecule has 0 amide bonds. The summed E-state index contributed by atoms with van der Waals surface area (Å²) in [5.41, 5.74) is 28.0. The zero-order valence-corrected chi connectivity index (χ0v) is 39.6. The van der Waals surface area contributed by atoms with Crippen LogP contribution in [0.5, 0.6) is 0 Å². The van der Waals surface area contributed by atoms with Gasteiger partial charge in [0.15, 0.2) is 0 Å². The van der Waals surface area contributed by atoms with Crippen LogP contribution in [0.15, 0.2) is 241 Å². The van der Waals surface area contributed by atoms with E-state index in [1.807, 2.05) is 12.1 Å². The Morgan fingerprint density at radius 3 is 1.55 bits per heavy atom. The van der Waals surface area contributed by atoms with Crippen molar-refractivity contribution >= 4 is 43.7 Å². The number of aromatic nitrogens is 1. The van der Waals surface area contributed by atoms with Gasteiger partial charge in [-0.2, -0.15) is 0 Å². The summed E-state index contributed by atoms with van der Waals surface area (Å²) in [6, 6.07) is 87.0. The van der Waals surface area contributed by atoms with E-state index in [1.165, 1.54) is 111 Å². The van der Waals surface area contributed by atoms with Gasteiger partial charge in [0.1, 0.15) is 11.2 Å². The molecule has 1 aliphatic rings. The molecule has 0 saturated heterocycles. The first kappa shape index (κ1) is 41.0. The molecular weight excluding hydrogens is 859 g/mol. The van der Waals surface area contributed by atoms with Crippen LogP contribution in [-0.2, 0) is 6.42 Å². The van der Waals surface area contributed by atoms with Crippen LogP contribution in [0.25, 0.3) is 127 Å². The van der Waals surface area contributed by atoms with Gasteiger partial charge >= 0.3 is 0 Å². The van der Waals surface area contributed by atoms with E-state index in [4.69, 9.17) is 4.42 Å². The molecule has 0 fully saturated rings. The molecule has 0 unspecified atom stereocenters. The van der Waals surface area contributed by atoms with Crippen LogP contribution >= 0.6 is 0 Å². The van der Waals surface area contributed by atoms with Gasteiger partial charge in [-0.1, -0.05) is 194 Å². The maximum atomic E-state index is 6.46. The largest absolute Gasteiger partial charge is 0.455 e. The molecule has 334 valence electrons. The summed E-state index contributed by atoms with van der Waals surface area (Å²) >= 11 is 0. The van der Waals surface area contributed by atoms with Gasteiger partial charge in [-0.15, -0.1) is 0 Å². The first-order valence-corrected chi connectivity index (χ1v) is 24.7. The number of benzene rings is 11. The van der Waals surface area contributed by atoms with E-state index >= 15 is 0 Å². The summed E-state index contributed by atoms with van der Waals surface area (Å²) in [4.78, 5) is 0. The summed E-state index contributed by atoms with van der Waals surface area (Å²) in [5.74, 6) is 0. The smallest absolute Gasteiger partial charge is 0.143 e. The van der Waals surface area contributed by atoms with Crippen LogP contribution in [0, 0.1) is 13.8 Å². The number of aryl methyl sites for hydroxylation is 1. The Bertz CT molecular complexity index is 4240. The minimum atomic E-state index is 0.909. The minimum absolute atomic E-state index is 0.909. The van der Waals surface area contributed by atoms with Crippen LogP contribution in [0.1, 0.15) is 22.3 Å². The third kappa shape index (κ3) is 6.71. The first-order chi connectivity index (χ1) is 35.0. The monoisotopic (exact) mass is 905 g/mol. The molecule has 2 nitrogen and oxygen atoms in total. The number of hydrogen-bond donors (Lipinski definition) is 0. The third-order valence-corrected chi connectivity index (χ3v) is 15.3. The summed E-state index contributed by atoms with van der Waals surface area (Å²) in [6.45, 7) is 4.44. The molecule has 0 radical (unpaired) electrons. The van der Waals surface area contributed by atoms with Crippen molar-refractivity contribution in [1.82, 2.24) is 4.57 Å². The van der Waals surface area contributed by atoms with Crippen molar-refractivity contribution < 1.29 is 4.42 Å². The van der Waals surface area contributed by atoms with Crippen LogP contribution in [0.4, 0.5) is 0 Å². The molecule has 0 bridgehead atoms. The van der Waals surface area contributed by atoms with Crippen molar-refractivity contribution in [1.29, 1.82) is 0 Å². The SMILES string of the molecule is Cc1ccccc1-c1cccc(-c2ccc(-c3ccc4c(c3)c3cc(-c5ccc(-c6cccc7c6Cc6ccccc6-7)cc5)ccc3n4-c3ccc(-c4cccc5c4oc4ccccc45)cc3)cc2)c1C. The van der Waals surface area contributed by atoms with Crippen molar-refractivity contribution in [2.75, 3.05) is 0 Å². The average Bonchev–Trinajstić information content (AvgIpc) is 4.11. The second-order valence-corrected chi connectivity index (χ2v) is 19.2. The van der Waals surface area contributed by atoms with Crippen molar-refractivity contribution in [2.45, 2.75) is 20.3 Å². The quantitative estimate of drug-likeness (QED) is 0.156. The third-order valence-electron chi connectivity index (χ3n) is 15.3. The van der Waals surface area contributed by atoms with Crippen molar-refractivity contribution in [3.8, 4) is 83.6 Å². The molecule has 1 aliphatic carbocycles. The molecule has 0 saturated carbocycles. The van der Waals surface area contributed by atoms with E-state index in [-0.39, 0.29) is 0 Å². The Morgan fingerprint density at radius 1 is 0.338 bits per heavy atom. The summed E-state index contributed by atoms with van der Waals surface area (Å²) in [5, 5.41) is 4.72. The second-order valence-electron chi connectivity index (χ2n) is 19.2. The predicted molar refractivity (Wildman–Crippen MR) is 298 cm³/mol. The van der Waals surface area contributed by atoms with Gasteiger partial charge in [0, 0.05) is 32.8 Å². The highest BCUT2D eigenvalue weighted by atomic mass is 16.3. The number of nitrogens with zero attached hydrogens (tertiary/aromatic N) is 1. The van der Waals surface area contributed by atoms with E-state index in [9.17, 15) is 0 Å². The maximum Gasteiger partial charge on any atom is 0.143 e. The van der Waals surface area contributed by atoms with Crippen LogP contribution in [-0.4, -0.2) is 4.57 Å². The fourth-order valence-corrected chi connectivity index (χ4v) is 11.7.